The molecular weight excluding hydrogens is 381 g/mol. The van der Waals surface area contributed by atoms with Gasteiger partial charge in [0.05, 0.1) is 15.3 Å². The smallest absolute Gasteiger partial charge is 0.208 e. The molecule has 0 fully saturated rings. The van der Waals surface area contributed by atoms with E-state index < -0.39 is 9.84 Å². The maximum absolute atomic E-state index is 13.6. The summed E-state index contributed by atoms with van der Waals surface area (Å²) in [6.45, 7) is 3.48. The van der Waals surface area contributed by atoms with E-state index in [1.807, 2.05) is 0 Å². The number of aromatic nitrogens is 1. The van der Waals surface area contributed by atoms with Gasteiger partial charge in [0.25, 0.3) is 0 Å². The first kappa shape index (κ1) is 16.2. The van der Waals surface area contributed by atoms with Crippen molar-refractivity contribution in [3.63, 3.8) is 0 Å². The molecule has 1 aromatic heterocycles. The Labute approximate surface area is 142 Å². The molecule has 3 rings (SSSR count). The Balaban J connectivity index is 2.36. The van der Waals surface area contributed by atoms with Crippen molar-refractivity contribution in [2.75, 3.05) is 0 Å². The lowest BCUT2D eigenvalue weighted by Gasteiger charge is -2.08. The van der Waals surface area contributed by atoms with Crippen molar-refractivity contribution in [1.29, 1.82) is 0 Å². The molecule has 3 nitrogen and oxygen atoms in total. The van der Waals surface area contributed by atoms with Crippen LogP contribution in [0, 0.1) is 19.7 Å². The summed E-state index contributed by atoms with van der Waals surface area (Å²) < 4.78 is 42.3. The number of rotatable bonds is 2. The van der Waals surface area contributed by atoms with Crippen LogP contribution in [-0.4, -0.2) is 13.0 Å². The quantitative estimate of drug-likeness (QED) is 0.639. The van der Waals surface area contributed by atoms with Gasteiger partial charge in [0.2, 0.25) is 9.84 Å². The Morgan fingerprint density at radius 2 is 1.74 bits per heavy atom. The summed E-state index contributed by atoms with van der Waals surface area (Å²) in [6.07, 6.45) is 1.55. The number of aryl methyl sites for hydroxylation is 3. The molecule has 1 heterocycles. The Morgan fingerprint density at radius 3 is 2.39 bits per heavy atom. The van der Waals surface area contributed by atoms with Crippen LogP contribution in [0.15, 0.2) is 50.8 Å². The normalized spacial score (nSPS) is 12.0. The van der Waals surface area contributed by atoms with Gasteiger partial charge in [0.1, 0.15) is 5.82 Å². The fourth-order valence-electron chi connectivity index (χ4n) is 2.87. The van der Waals surface area contributed by atoms with E-state index in [0.717, 1.165) is 4.47 Å². The fourth-order valence-corrected chi connectivity index (χ4v) is 5.14. The fraction of sp³-hybridized carbons (Fsp3) is 0.176. The first-order valence-corrected chi connectivity index (χ1v) is 9.26. The first-order chi connectivity index (χ1) is 10.7. The number of hydrogen-bond donors (Lipinski definition) is 0. The van der Waals surface area contributed by atoms with Crippen LogP contribution in [-0.2, 0) is 16.9 Å². The maximum atomic E-state index is 13.6. The molecule has 0 saturated heterocycles. The second-order valence-corrected chi connectivity index (χ2v) is 8.44. The predicted octanol–water partition coefficient (Wildman–Crippen LogP) is 4.53. The van der Waals surface area contributed by atoms with Crippen LogP contribution < -0.4 is 0 Å². The highest BCUT2D eigenvalue weighted by atomic mass is 79.9. The van der Waals surface area contributed by atoms with E-state index in [-0.39, 0.29) is 15.6 Å². The number of nitrogens with zero attached hydrogens (tertiary/aromatic N) is 1. The molecule has 0 spiro atoms. The van der Waals surface area contributed by atoms with E-state index in [1.54, 1.807) is 49.9 Å². The van der Waals surface area contributed by atoms with E-state index >= 15 is 0 Å². The summed E-state index contributed by atoms with van der Waals surface area (Å²) in [5.41, 5.74) is 1.83. The third-order valence-corrected chi connectivity index (χ3v) is 6.35. The Morgan fingerprint density at radius 1 is 1.04 bits per heavy atom. The summed E-state index contributed by atoms with van der Waals surface area (Å²) in [5.74, 6) is -0.375. The zero-order valence-corrected chi connectivity index (χ0v) is 15.3. The molecule has 120 valence electrons. The summed E-state index contributed by atoms with van der Waals surface area (Å²) in [5, 5.41) is 0.566. The van der Waals surface area contributed by atoms with Gasteiger partial charge in [-0.25, -0.2) is 12.8 Å². The molecule has 2 aromatic carbocycles. The third-order valence-electron chi connectivity index (χ3n) is 3.93. The number of sulfone groups is 1. The van der Waals surface area contributed by atoms with Gasteiger partial charge < -0.3 is 4.57 Å². The van der Waals surface area contributed by atoms with Gasteiger partial charge in [0, 0.05) is 23.1 Å². The van der Waals surface area contributed by atoms with E-state index in [4.69, 9.17) is 0 Å². The van der Waals surface area contributed by atoms with Crippen LogP contribution in [0.4, 0.5) is 4.39 Å². The highest BCUT2D eigenvalue weighted by molar-refractivity contribution is 9.10. The van der Waals surface area contributed by atoms with Gasteiger partial charge in [-0.2, -0.15) is 0 Å². The van der Waals surface area contributed by atoms with Crippen molar-refractivity contribution >= 4 is 36.7 Å². The maximum Gasteiger partial charge on any atom is 0.208 e. The van der Waals surface area contributed by atoms with Crippen LogP contribution in [0.3, 0.4) is 0 Å². The molecule has 0 bridgehead atoms. The Bertz CT molecular complexity index is 1040. The number of halogens is 2. The second-order valence-electron chi connectivity index (χ2n) is 5.63. The molecule has 3 aromatic rings. The van der Waals surface area contributed by atoms with Crippen molar-refractivity contribution in [2.24, 2.45) is 7.05 Å². The molecular formula is C17H15BrFNO2S. The highest BCUT2D eigenvalue weighted by Gasteiger charge is 2.25. The van der Waals surface area contributed by atoms with Crippen LogP contribution in [0.1, 0.15) is 11.1 Å². The van der Waals surface area contributed by atoms with Gasteiger partial charge in [-0.15, -0.1) is 0 Å². The van der Waals surface area contributed by atoms with Crippen LogP contribution in [0.5, 0.6) is 0 Å². The predicted molar refractivity (Wildman–Crippen MR) is 91.9 cm³/mol. The Hall–Kier alpha value is -1.66. The number of benzene rings is 2. The minimum absolute atomic E-state index is 0.206. The lowest BCUT2D eigenvalue weighted by atomic mass is 10.1. The van der Waals surface area contributed by atoms with Crippen LogP contribution >= 0.6 is 15.9 Å². The molecule has 23 heavy (non-hydrogen) atoms. The van der Waals surface area contributed by atoms with Gasteiger partial charge in [-0.3, -0.25) is 0 Å². The van der Waals surface area contributed by atoms with Gasteiger partial charge >= 0.3 is 0 Å². The lowest BCUT2D eigenvalue weighted by Crippen LogP contribution is -2.04. The minimum Gasteiger partial charge on any atom is -0.349 e. The summed E-state index contributed by atoms with van der Waals surface area (Å²) in [6, 6.07) is 7.78. The second kappa shape index (κ2) is 5.46. The average molecular weight is 396 g/mol. The zero-order chi connectivity index (χ0) is 16.9. The van der Waals surface area contributed by atoms with E-state index in [1.165, 1.54) is 12.1 Å². The molecule has 0 aliphatic carbocycles. The van der Waals surface area contributed by atoms with Crippen molar-refractivity contribution in [3.05, 3.63) is 57.9 Å². The summed E-state index contributed by atoms with van der Waals surface area (Å²) in [7, 11) is -1.97. The first-order valence-electron chi connectivity index (χ1n) is 6.98. The SMILES string of the molecule is Cc1cc(Br)ccc1S(=O)(=O)c1cn(C)c2cc(F)cc(C)c12. The molecule has 0 aliphatic heterocycles. The van der Waals surface area contributed by atoms with Crippen molar-refractivity contribution in [3.8, 4) is 0 Å². The lowest BCUT2D eigenvalue weighted by molar-refractivity contribution is 0.596. The zero-order valence-electron chi connectivity index (χ0n) is 12.9. The standard InChI is InChI=1S/C17H15BrFNO2S/c1-10-6-12(18)4-5-15(10)23(21,22)16-9-20(3)14-8-13(19)7-11(2)17(14)16/h4-9H,1-3H3. The molecule has 0 radical (unpaired) electrons. The van der Waals surface area contributed by atoms with Gasteiger partial charge in [0.15, 0.2) is 0 Å². The van der Waals surface area contributed by atoms with Gasteiger partial charge in [-0.1, -0.05) is 15.9 Å². The summed E-state index contributed by atoms with van der Waals surface area (Å²) in [4.78, 5) is 0.467. The Kier molecular flexibility index (Phi) is 3.84. The van der Waals surface area contributed by atoms with Crippen molar-refractivity contribution < 1.29 is 12.8 Å². The van der Waals surface area contributed by atoms with E-state index in [2.05, 4.69) is 15.9 Å². The van der Waals surface area contributed by atoms with Crippen LogP contribution in [0.25, 0.3) is 10.9 Å². The van der Waals surface area contributed by atoms with Crippen molar-refractivity contribution in [1.82, 2.24) is 4.57 Å². The molecule has 0 amide bonds. The van der Waals surface area contributed by atoms with Crippen LogP contribution in [0.2, 0.25) is 0 Å². The highest BCUT2D eigenvalue weighted by Crippen LogP contribution is 2.34. The molecule has 6 heteroatoms. The molecule has 0 aliphatic rings. The van der Waals surface area contributed by atoms with Crippen molar-refractivity contribution in [2.45, 2.75) is 23.6 Å². The summed E-state index contributed by atoms with van der Waals surface area (Å²) >= 11 is 3.34. The topological polar surface area (TPSA) is 39.1 Å². The average Bonchev–Trinajstić information content (AvgIpc) is 2.76. The largest absolute Gasteiger partial charge is 0.349 e. The van der Waals surface area contributed by atoms with E-state index in [9.17, 15) is 12.8 Å². The minimum atomic E-state index is -3.69. The molecule has 0 saturated carbocycles. The molecule has 0 atom stereocenters. The molecule has 0 unspecified atom stereocenters. The number of hydrogen-bond acceptors (Lipinski definition) is 2. The van der Waals surface area contributed by atoms with Gasteiger partial charge in [-0.05, 0) is 55.3 Å². The monoisotopic (exact) mass is 395 g/mol. The number of fused-ring (bicyclic) bond motifs is 1. The van der Waals surface area contributed by atoms with E-state index in [0.29, 0.717) is 22.0 Å². The third kappa shape index (κ3) is 2.60. The molecule has 0 N–H and O–H groups in total.